The van der Waals surface area contributed by atoms with E-state index in [1.165, 1.54) is 0 Å². The number of hydrogen-bond acceptors (Lipinski definition) is 5. The fourth-order valence-corrected chi connectivity index (χ4v) is 3.62. The highest BCUT2D eigenvalue weighted by Gasteiger charge is 2.39. The van der Waals surface area contributed by atoms with E-state index in [2.05, 4.69) is 0 Å². The van der Waals surface area contributed by atoms with E-state index in [4.69, 9.17) is 0 Å². The molecule has 3 rings (SSSR count). The Labute approximate surface area is 180 Å². The number of nitrogens with zero attached hydrogens (tertiary/aromatic N) is 3. The van der Waals surface area contributed by atoms with Crippen LogP contribution in [0.2, 0.25) is 0 Å². The number of alkyl halides is 6. The van der Waals surface area contributed by atoms with Crippen LogP contribution in [0.4, 0.5) is 37.7 Å². The van der Waals surface area contributed by atoms with Crippen LogP contribution in [0.5, 0.6) is 0 Å². The molecule has 1 saturated heterocycles. The number of hydrogen-bond donors (Lipinski definition) is 0. The lowest BCUT2D eigenvalue weighted by atomic mass is 9.97. The largest absolute Gasteiger partial charge is 0.416 e. The molecule has 33 heavy (non-hydrogen) atoms. The van der Waals surface area contributed by atoms with Crippen LogP contribution in [0.1, 0.15) is 45.9 Å². The predicted octanol–water partition coefficient (Wildman–Crippen LogP) is 5.52. The van der Waals surface area contributed by atoms with Gasteiger partial charge in [0.25, 0.3) is 17.3 Å². The van der Waals surface area contributed by atoms with Crippen molar-refractivity contribution in [3.8, 4) is 0 Å². The maximum absolute atomic E-state index is 13.2. The number of nitro benzene ring substituents is 2. The van der Waals surface area contributed by atoms with E-state index < -0.39 is 67.8 Å². The van der Waals surface area contributed by atoms with Crippen molar-refractivity contribution in [2.45, 2.75) is 31.2 Å². The number of benzene rings is 2. The average Bonchev–Trinajstić information content (AvgIpc) is 3.21. The van der Waals surface area contributed by atoms with Gasteiger partial charge in [-0.05, 0) is 36.6 Å². The topological polar surface area (TPSA) is 107 Å². The summed E-state index contributed by atoms with van der Waals surface area (Å²) in [6, 6.07) is 1.95. The first-order chi connectivity index (χ1) is 15.2. The smallest absolute Gasteiger partial charge is 0.332 e. The zero-order chi connectivity index (χ0) is 24.7. The summed E-state index contributed by atoms with van der Waals surface area (Å²) >= 11 is 0. The van der Waals surface area contributed by atoms with Gasteiger partial charge in [-0.3, -0.25) is 25.0 Å². The van der Waals surface area contributed by atoms with Crippen LogP contribution in [0.25, 0.3) is 0 Å². The van der Waals surface area contributed by atoms with Crippen molar-refractivity contribution in [2.75, 3.05) is 6.54 Å². The molecule has 1 amide bonds. The number of nitro groups is 2. The van der Waals surface area contributed by atoms with Crippen LogP contribution in [0, 0.1) is 20.2 Å². The van der Waals surface area contributed by atoms with Crippen molar-refractivity contribution in [1.29, 1.82) is 0 Å². The van der Waals surface area contributed by atoms with Crippen LogP contribution in [-0.4, -0.2) is 27.2 Å². The standard InChI is InChI=1S/C19H13F6N3O5/c20-18(21,22)12-4-10(5-13(8-12)19(23,24)25)16-2-1-3-26(16)17(29)11-6-14(27(30)31)9-15(7-11)28(32)33/h4-9,16H,1-3H2/t16-/m1/s1. The molecule has 0 spiro atoms. The maximum Gasteiger partial charge on any atom is 0.416 e. The predicted molar refractivity (Wildman–Crippen MR) is 99.2 cm³/mol. The number of likely N-dealkylation sites (tertiary alicyclic amines) is 1. The van der Waals surface area contributed by atoms with E-state index in [1.54, 1.807) is 0 Å². The van der Waals surface area contributed by atoms with E-state index in [-0.39, 0.29) is 25.5 Å². The second-order valence-corrected chi connectivity index (χ2v) is 7.25. The number of carbonyl (C=O) groups excluding carboxylic acids is 1. The Hall–Kier alpha value is -3.71. The summed E-state index contributed by atoms with van der Waals surface area (Å²) in [5, 5.41) is 22.1. The first-order valence-corrected chi connectivity index (χ1v) is 9.22. The van der Waals surface area contributed by atoms with Crippen molar-refractivity contribution in [3.63, 3.8) is 0 Å². The first-order valence-electron chi connectivity index (χ1n) is 9.22. The number of non-ortho nitro benzene ring substituents is 2. The van der Waals surface area contributed by atoms with E-state index in [1.807, 2.05) is 0 Å². The van der Waals surface area contributed by atoms with Gasteiger partial charge in [0.15, 0.2) is 0 Å². The van der Waals surface area contributed by atoms with Crippen LogP contribution in [-0.2, 0) is 12.4 Å². The van der Waals surface area contributed by atoms with E-state index in [0.29, 0.717) is 18.2 Å². The molecule has 0 radical (unpaired) electrons. The van der Waals surface area contributed by atoms with Gasteiger partial charge < -0.3 is 4.90 Å². The summed E-state index contributed by atoms with van der Waals surface area (Å²) in [7, 11) is 0. The molecule has 1 fully saturated rings. The van der Waals surface area contributed by atoms with Gasteiger partial charge in [-0.15, -0.1) is 0 Å². The van der Waals surface area contributed by atoms with Crippen LogP contribution in [0.15, 0.2) is 36.4 Å². The Morgan fingerprint density at radius 3 is 1.76 bits per heavy atom. The summed E-state index contributed by atoms with van der Waals surface area (Å²) in [4.78, 5) is 34.1. The molecular formula is C19H13F6N3O5. The highest BCUT2D eigenvalue weighted by atomic mass is 19.4. The molecule has 0 aromatic heterocycles. The van der Waals surface area contributed by atoms with Gasteiger partial charge in [-0.1, -0.05) is 0 Å². The third-order valence-electron chi connectivity index (χ3n) is 5.08. The quantitative estimate of drug-likeness (QED) is 0.328. The minimum atomic E-state index is -5.08. The molecule has 0 saturated carbocycles. The fourth-order valence-electron chi connectivity index (χ4n) is 3.62. The molecule has 14 heteroatoms. The lowest BCUT2D eigenvalue weighted by Gasteiger charge is -2.26. The monoisotopic (exact) mass is 477 g/mol. The van der Waals surface area contributed by atoms with Gasteiger partial charge >= 0.3 is 12.4 Å². The highest BCUT2D eigenvalue weighted by molar-refractivity contribution is 5.96. The van der Waals surface area contributed by atoms with E-state index in [9.17, 15) is 51.4 Å². The SMILES string of the molecule is O=C(c1cc([N+](=O)[O-])cc([N+](=O)[O-])c1)N1CCC[C@@H]1c1cc(C(F)(F)F)cc(C(F)(F)F)c1. The summed E-state index contributed by atoms with van der Waals surface area (Å²) in [6.07, 6.45) is -9.90. The molecule has 1 heterocycles. The van der Waals surface area contributed by atoms with Crippen LogP contribution in [0.3, 0.4) is 0 Å². The van der Waals surface area contributed by atoms with Gasteiger partial charge in [0, 0.05) is 18.7 Å². The molecule has 0 unspecified atom stereocenters. The second-order valence-electron chi connectivity index (χ2n) is 7.25. The minimum Gasteiger partial charge on any atom is -0.332 e. The van der Waals surface area contributed by atoms with Crippen molar-refractivity contribution in [1.82, 2.24) is 4.90 Å². The molecule has 1 atom stereocenters. The lowest BCUT2D eigenvalue weighted by molar-refractivity contribution is -0.394. The number of rotatable bonds is 4. The van der Waals surface area contributed by atoms with Crippen molar-refractivity contribution >= 4 is 17.3 Å². The Kier molecular flexibility index (Phi) is 6.04. The van der Waals surface area contributed by atoms with Gasteiger partial charge in [0.1, 0.15) is 0 Å². The Morgan fingerprint density at radius 2 is 1.33 bits per heavy atom. The van der Waals surface area contributed by atoms with Crippen molar-refractivity contribution in [3.05, 3.63) is 78.9 Å². The molecule has 1 aliphatic rings. The lowest BCUT2D eigenvalue weighted by Crippen LogP contribution is -2.31. The van der Waals surface area contributed by atoms with Crippen LogP contribution >= 0.6 is 0 Å². The van der Waals surface area contributed by atoms with Gasteiger partial charge in [-0.2, -0.15) is 26.3 Å². The Balaban J connectivity index is 2.07. The summed E-state index contributed by atoms with van der Waals surface area (Å²) < 4.78 is 79.2. The zero-order valence-electron chi connectivity index (χ0n) is 16.3. The van der Waals surface area contributed by atoms with E-state index in [0.717, 1.165) is 17.0 Å². The Bertz CT molecular complexity index is 1070. The third-order valence-corrected chi connectivity index (χ3v) is 5.08. The first kappa shape index (κ1) is 23.9. The third kappa shape index (κ3) is 5.04. The minimum absolute atomic E-state index is 0.0291. The van der Waals surface area contributed by atoms with Crippen molar-refractivity contribution < 1.29 is 41.0 Å². The summed E-state index contributed by atoms with van der Waals surface area (Å²) in [6.45, 7) is -0.0718. The number of carbonyl (C=O) groups is 1. The highest BCUT2D eigenvalue weighted by Crippen LogP contribution is 2.41. The summed E-state index contributed by atoms with van der Waals surface area (Å²) in [5.74, 6) is -0.990. The molecular weight excluding hydrogens is 464 g/mol. The van der Waals surface area contributed by atoms with Gasteiger partial charge in [0.2, 0.25) is 0 Å². The maximum atomic E-state index is 13.2. The molecule has 8 nitrogen and oxygen atoms in total. The molecule has 2 aromatic carbocycles. The molecule has 2 aromatic rings. The van der Waals surface area contributed by atoms with Crippen LogP contribution < -0.4 is 0 Å². The van der Waals surface area contributed by atoms with Gasteiger partial charge in [0.05, 0.1) is 38.6 Å². The number of amides is 1. The van der Waals surface area contributed by atoms with E-state index >= 15 is 0 Å². The fraction of sp³-hybridized carbons (Fsp3) is 0.316. The molecule has 176 valence electrons. The summed E-state index contributed by atoms with van der Waals surface area (Å²) in [5.41, 5.74) is -5.51. The van der Waals surface area contributed by atoms with Gasteiger partial charge in [-0.25, -0.2) is 0 Å². The Morgan fingerprint density at radius 1 is 0.848 bits per heavy atom. The molecule has 1 aliphatic heterocycles. The van der Waals surface area contributed by atoms with Crippen molar-refractivity contribution in [2.24, 2.45) is 0 Å². The molecule has 0 aliphatic carbocycles. The molecule has 0 bridgehead atoms. The second kappa shape index (κ2) is 8.33. The molecule has 0 N–H and O–H groups in total. The number of halogens is 6. The normalized spacial score (nSPS) is 16.7. The zero-order valence-corrected chi connectivity index (χ0v) is 16.3. The average molecular weight is 477 g/mol.